The molecule has 2 aromatic heterocycles. The Bertz CT molecular complexity index is 1140. The number of nitrogens with one attached hydrogen (secondary N) is 1. The van der Waals surface area contributed by atoms with E-state index in [1.54, 1.807) is 13.0 Å². The highest BCUT2D eigenvalue weighted by Gasteiger charge is 2.33. The number of nitrogens with zero attached hydrogens (tertiary/aromatic N) is 2. The summed E-state index contributed by atoms with van der Waals surface area (Å²) in [7, 11) is 1.35. The van der Waals surface area contributed by atoms with E-state index in [-0.39, 0.29) is 40.6 Å². The molecule has 164 valence electrons. The second-order valence-corrected chi connectivity index (χ2v) is 7.53. The van der Waals surface area contributed by atoms with Gasteiger partial charge in [-0.2, -0.15) is 13.2 Å². The average molecular weight is 434 g/mol. The van der Waals surface area contributed by atoms with Gasteiger partial charge in [0.05, 0.1) is 13.2 Å². The molecule has 1 fully saturated rings. The summed E-state index contributed by atoms with van der Waals surface area (Å²) in [6.07, 6.45) is -1.74. The van der Waals surface area contributed by atoms with Gasteiger partial charge in [-0.25, -0.2) is 9.97 Å². The minimum absolute atomic E-state index is 0.0100. The highest BCUT2D eigenvalue weighted by molar-refractivity contribution is 5.98. The van der Waals surface area contributed by atoms with Crippen LogP contribution >= 0.6 is 0 Å². The van der Waals surface area contributed by atoms with Crippen molar-refractivity contribution in [1.82, 2.24) is 15.3 Å². The summed E-state index contributed by atoms with van der Waals surface area (Å²) in [5.41, 5.74) is 5.39. The maximum absolute atomic E-state index is 13.2. The van der Waals surface area contributed by atoms with Crippen LogP contribution in [0.5, 0.6) is 5.75 Å². The molecule has 10 heteroatoms. The molecule has 0 aliphatic heterocycles. The van der Waals surface area contributed by atoms with Crippen LogP contribution < -0.4 is 15.8 Å². The first kappa shape index (κ1) is 21.1. The van der Waals surface area contributed by atoms with E-state index in [0.717, 1.165) is 25.3 Å². The molecule has 4 rings (SSSR count). The zero-order valence-corrected chi connectivity index (χ0v) is 16.9. The number of aromatic nitrogens is 2. The van der Waals surface area contributed by atoms with Gasteiger partial charge >= 0.3 is 6.18 Å². The lowest BCUT2D eigenvalue weighted by Gasteiger charge is -2.26. The van der Waals surface area contributed by atoms with Gasteiger partial charge < -0.3 is 20.2 Å². The molecule has 3 aromatic rings. The first-order valence-electron chi connectivity index (χ1n) is 9.81. The molecular formula is C21H21F3N4O3. The van der Waals surface area contributed by atoms with Gasteiger partial charge in [0.15, 0.2) is 11.5 Å². The molecule has 1 saturated carbocycles. The van der Waals surface area contributed by atoms with E-state index in [9.17, 15) is 18.0 Å². The van der Waals surface area contributed by atoms with Crippen molar-refractivity contribution in [1.29, 1.82) is 0 Å². The monoisotopic (exact) mass is 434 g/mol. The quantitative estimate of drug-likeness (QED) is 0.623. The summed E-state index contributed by atoms with van der Waals surface area (Å²) < 4.78 is 50.5. The molecule has 0 radical (unpaired) electrons. The zero-order valence-electron chi connectivity index (χ0n) is 16.9. The first-order valence-corrected chi connectivity index (χ1v) is 9.81. The summed E-state index contributed by atoms with van der Waals surface area (Å²) in [6.45, 7) is 1.66. The highest BCUT2D eigenvalue weighted by atomic mass is 19.4. The van der Waals surface area contributed by atoms with Crippen LogP contribution in [0.4, 0.5) is 13.2 Å². The average Bonchev–Trinajstić information content (AvgIpc) is 3.14. The number of ether oxygens (including phenoxy) is 1. The molecule has 1 aliphatic rings. The fraction of sp³-hybridized carbons (Fsp3) is 0.381. The maximum atomic E-state index is 13.2. The zero-order chi connectivity index (χ0) is 22.3. The van der Waals surface area contributed by atoms with Crippen molar-refractivity contribution in [2.24, 2.45) is 5.73 Å². The second kappa shape index (κ2) is 7.84. The van der Waals surface area contributed by atoms with Crippen LogP contribution in [-0.2, 0) is 6.18 Å². The third kappa shape index (κ3) is 3.95. The third-order valence-electron chi connectivity index (χ3n) is 5.28. The van der Waals surface area contributed by atoms with Gasteiger partial charge in [-0.1, -0.05) is 0 Å². The molecule has 1 atom stereocenters. The lowest BCUT2D eigenvalue weighted by atomic mass is 9.93. The number of benzene rings is 1. The van der Waals surface area contributed by atoms with Crippen LogP contribution in [0.25, 0.3) is 22.4 Å². The van der Waals surface area contributed by atoms with E-state index in [1.807, 2.05) is 0 Å². The maximum Gasteiger partial charge on any atom is 0.433 e. The molecule has 31 heavy (non-hydrogen) atoms. The Labute approximate surface area is 175 Å². The molecule has 3 N–H and O–H groups in total. The van der Waals surface area contributed by atoms with Gasteiger partial charge in [0.25, 0.3) is 5.91 Å². The molecular weight excluding hydrogens is 413 g/mol. The van der Waals surface area contributed by atoms with Gasteiger partial charge in [-0.15, -0.1) is 0 Å². The Balaban J connectivity index is 1.82. The number of hydrogen-bond donors (Lipinski definition) is 2. The number of amides is 1. The Morgan fingerprint density at radius 3 is 2.58 bits per heavy atom. The second-order valence-electron chi connectivity index (χ2n) is 7.53. The number of fused-ring (bicyclic) bond motifs is 1. The van der Waals surface area contributed by atoms with Crippen LogP contribution in [0, 0.1) is 0 Å². The van der Waals surface area contributed by atoms with E-state index in [1.165, 1.54) is 19.2 Å². The lowest BCUT2D eigenvalue weighted by Crippen LogP contribution is -2.40. The fourth-order valence-electron chi connectivity index (χ4n) is 3.43. The van der Waals surface area contributed by atoms with Gasteiger partial charge in [0.1, 0.15) is 17.0 Å². The summed E-state index contributed by atoms with van der Waals surface area (Å²) in [5, 5.41) is 3.24. The number of carbonyl (C=O) groups is 1. The summed E-state index contributed by atoms with van der Waals surface area (Å²) in [5.74, 6) is 0.0602. The minimum atomic E-state index is -4.60. The van der Waals surface area contributed by atoms with Crippen molar-refractivity contribution in [3.05, 3.63) is 41.4 Å². The van der Waals surface area contributed by atoms with Gasteiger partial charge in [-0.05, 0) is 50.5 Å². The van der Waals surface area contributed by atoms with Crippen molar-refractivity contribution < 1.29 is 27.1 Å². The predicted molar refractivity (Wildman–Crippen MR) is 107 cm³/mol. The van der Waals surface area contributed by atoms with Gasteiger partial charge in [-0.3, -0.25) is 4.79 Å². The van der Waals surface area contributed by atoms with E-state index >= 15 is 0 Å². The fourth-order valence-corrected chi connectivity index (χ4v) is 3.43. The number of alkyl halides is 3. The smallest absolute Gasteiger partial charge is 0.433 e. The summed E-state index contributed by atoms with van der Waals surface area (Å²) in [4.78, 5) is 20.8. The molecule has 7 nitrogen and oxygen atoms in total. The van der Waals surface area contributed by atoms with E-state index < -0.39 is 17.9 Å². The third-order valence-corrected chi connectivity index (χ3v) is 5.28. The van der Waals surface area contributed by atoms with Crippen LogP contribution in [0.1, 0.15) is 54.2 Å². The molecule has 0 spiro atoms. The molecule has 1 aromatic carbocycles. The first-order chi connectivity index (χ1) is 14.7. The number of carbonyl (C=O) groups excluding carboxylic acids is 1. The van der Waals surface area contributed by atoms with Crippen LogP contribution in [0.3, 0.4) is 0 Å². The summed E-state index contributed by atoms with van der Waals surface area (Å²) >= 11 is 0. The van der Waals surface area contributed by atoms with Crippen LogP contribution in [0.2, 0.25) is 0 Å². The Morgan fingerprint density at radius 2 is 2.00 bits per heavy atom. The minimum Gasteiger partial charge on any atom is -0.494 e. The summed E-state index contributed by atoms with van der Waals surface area (Å²) in [6, 6.07) is 4.73. The van der Waals surface area contributed by atoms with Crippen molar-refractivity contribution >= 4 is 16.8 Å². The molecule has 2 heterocycles. The standard InChI is InChI=1S/C21H21F3N4O3/c1-10(25)18-17(19(29)26-11-4-3-5-11)28-20(31-18)13-6-8-14(30-2)16-12(13)7-9-15(27-16)21(22,23)24/h6-11H,3-5,25H2,1-2H3,(H,26,29)/t10-/m0/s1. The molecule has 0 unspecified atom stereocenters. The van der Waals surface area contributed by atoms with E-state index in [0.29, 0.717) is 10.9 Å². The number of pyridine rings is 1. The van der Waals surface area contributed by atoms with Gasteiger partial charge in [0.2, 0.25) is 5.89 Å². The van der Waals surface area contributed by atoms with Crippen molar-refractivity contribution in [3.8, 4) is 17.2 Å². The van der Waals surface area contributed by atoms with Crippen LogP contribution in [0.15, 0.2) is 28.7 Å². The van der Waals surface area contributed by atoms with E-state index in [2.05, 4.69) is 15.3 Å². The predicted octanol–water partition coefficient (Wildman–Crippen LogP) is 4.22. The number of rotatable bonds is 5. The Morgan fingerprint density at radius 1 is 1.26 bits per heavy atom. The number of methoxy groups -OCH3 is 1. The normalized spacial score (nSPS) is 15.5. The molecule has 0 saturated heterocycles. The SMILES string of the molecule is COc1ccc(-c2nc(C(=O)NC3CCC3)c([C@H](C)N)o2)c2ccc(C(F)(F)F)nc12. The topological polar surface area (TPSA) is 103 Å². The van der Waals surface area contributed by atoms with Crippen molar-refractivity contribution in [3.63, 3.8) is 0 Å². The Hall–Kier alpha value is -3.14. The number of nitrogens with two attached hydrogens (primary N) is 1. The lowest BCUT2D eigenvalue weighted by molar-refractivity contribution is -0.140. The number of oxazole rings is 1. The molecule has 1 aliphatic carbocycles. The largest absolute Gasteiger partial charge is 0.494 e. The van der Waals surface area contributed by atoms with Gasteiger partial charge in [0, 0.05) is 17.0 Å². The number of halogens is 3. The highest BCUT2D eigenvalue weighted by Crippen LogP contribution is 2.37. The van der Waals surface area contributed by atoms with E-state index in [4.69, 9.17) is 14.9 Å². The van der Waals surface area contributed by atoms with Crippen LogP contribution in [-0.4, -0.2) is 29.0 Å². The molecule has 0 bridgehead atoms. The Kier molecular flexibility index (Phi) is 5.34. The molecule has 1 amide bonds. The number of hydrogen-bond acceptors (Lipinski definition) is 6. The van der Waals surface area contributed by atoms with Crippen molar-refractivity contribution in [2.75, 3.05) is 7.11 Å². The van der Waals surface area contributed by atoms with Crippen molar-refractivity contribution in [2.45, 2.75) is 44.4 Å².